The van der Waals surface area contributed by atoms with Crippen LogP contribution in [0.25, 0.3) is 0 Å². The van der Waals surface area contributed by atoms with E-state index in [4.69, 9.17) is 5.11 Å². The second-order valence-electron chi connectivity index (χ2n) is 1.18. The third kappa shape index (κ3) is 5.23. The number of aliphatic hydroxyl groups is 1. The number of hydrogen-bond acceptors (Lipinski definition) is 2. The zero-order valence-electron chi connectivity index (χ0n) is 4.01. The van der Waals surface area contributed by atoms with Crippen molar-refractivity contribution in [3.8, 4) is 0 Å². The summed E-state index contributed by atoms with van der Waals surface area (Å²) in [5, 5.41) is 10.3. The number of primary amides is 1. The lowest BCUT2D eigenvalue weighted by molar-refractivity contribution is 0.160. The zero-order chi connectivity index (χ0) is 5.86. The normalized spacial score (nSPS) is 12.9. The first kappa shape index (κ1) is 6.23. The summed E-state index contributed by atoms with van der Waals surface area (Å²) < 4.78 is 0. The van der Waals surface area contributed by atoms with E-state index in [9.17, 15) is 4.79 Å². The van der Waals surface area contributed by atoms with Crippen LogP contribution in [0.5, 0.6) is 0 Å². The molecule has 0 radical (unpaired) electrons. The average Bonchev–Trinajstić information content (AvgIpc) is 1.27. The second kappa shape index (κ2) is 2.41. The summed E-state index contributed by atoms with van der Waals surface area (Å²) in [6.07, 6.45) is -0.850. The van der Waals surface area contributed by atoms with E-state index < -0.39 is 12.3 Å². The Bertz CT molecular complexity index is 71.3. The van der Waals surface area contributed by atoms with E-state index in [2.05, 4.69) is 5.73 Å². The Labute approximate surface area is 41.3 Å². The maximum Gasteiger partial charge on any atom is 0.314 e. The molecule has 0 saturated heterocycles. The van der Waals surface area contributed by atoms with E-state index in [1.54, 1.807) is 0 Å². The Morgan fingerprint density at radius 3 is 2.43 bits per heavy atom. The summed E-state index contributed by atoms with van der Waals surface area (Å²) >= 11 is 0. The molecule has 0 aromatic carbocycles. The van der Waals surface area contributed by atoms with Crippen molar-refractivity contribution in [2.24, 2.45) is 5.73 Å². The highest BCUT2D eigenvalue weighted by Crippen LogP contribution is 1.65. The first-order valence-corrected chi connectivity index (χ1v) is 1.87. The van der Waals surface area contributed by atoms with Gasteiger partial charge in [0.1, 0.15) is 6.23 Å². The summed E-state index contributed by atoms with van der Waals surface area (Å²) in [4.78, 5) is 9.76. The molecule has 0 aliphatic heterocycles. The number of nitrogens with one attached hydrogen (secondary N) is 1. The van der Waals surface area contributed by atoms with Gasteiger partial charge in [-0.3, -0.25) is 0 Å². The number of carbonyl (C=O) groups is 1. The second-order valence-corrected chi connectivity index (χ2v) is 1.18. The van der Waals surface area contributed by atoms with Gasteiger partial charge in [0, 0.05) is 0 Å². The molecular weight excluding hydrogens is 96.0 g/mol. The number of hydrogen-bond donors (Lipinski definition) is 3. The molecule has 4 nitrogen and oxygen atoms in total. The Kier molecular flexibility index (Phi) is 2.15. The highest BCUT2D eigenvalue weighted by atomic mass is 16.3. The van der Waals surface area contributed by atoms with Crippen molar-refractivity contribution in [2.75, 3.05) is 0 Å². The fraction of sp³-hybridized carbons (Fsp3) is 0.667. The van der Waals surface area contributed by atoms with Gasteiger partial charge in [0.05, 0.1) is 0 Å². The summed E-state index contributed by atoms with van der Waals surface area (Å²) in [6.45, 7) is 1.41. The number of urea groups is 1. The fourth-order valence-corrected chi connectivity index (χ4v) is 0.206. The Balaban J connectivity index is 3.13. The van der Waals surface area contributed by atoms with Crippen molar-refractivity contribution in [2.45, 2.75) is 13.2 Å². The van der Waals surface area contributed by atoms with Crippen LogP contribution in [0.1, 0.15) is 6.92 Å². The molecule has 0 heterocycles. The lowest BCUT2D eigenvalue weighted by atomic mass is 10.7. The molecule has 0 aliphatic carbocycles. The van der Waals surface area contributed by atoms with Gasteiger partial charge in [-0.05, 0) is 6.92 Å². The van der Waals surface area contributed by atoms with Crippen LogP contribution in [0.3, 0.4) is 0 Å². The van der Waals surface area contributed by atoms with Crippen LogP contribution in [0.2, 0.25) is 0 Å². The lowest BCUT2D eigenvalue weighted by Crippen LogP contribution is -2.36. The molecule has 2 amide bonds. The molecule has 0 spiro atoms. The van der Waals surface area contributed by atoms with Gasteiger partial charge in [-0.15, -0.1) is 0 Å². The smallest absolute Gasteiger partial charge is 0.314 e. The van der Waals surface area contributed by atoms with Crippen molar-refractivity contribution in [1.29, 1.82) is 0 Å². The summed E-state index contributed by atoms with van der Waals surface area (Å²) in [7, 11) is 0. The van der Waals surface area contributed by atoms with E-state index >= 15 is 0 Å². The maximum absolute atomic E-state index is 9.76. The summed E-state index contributed by atoms with van der Waals surface area (Å²) in [5.41, 5.74) is 4.58. The third-order valence-corrected chi connectivity index (χ3v) is 0.351. The SMILES string of the molecule is C[C@@H](O)NC(N)=O. The molecule has 4 heteroatoms. The molecule has 0 rings (SSSR count). The molecule has 0 unspecified atom stereocenters. The standard InChI is InChI=1S/C3H8N2O2/c1-2(6)5-3(4)7/h2,6H,1H3,(H3,4,5,7)/t2-/m1/s1. The van der Waals surface area contributed by atoms with Gasteiger partial charge in [0.25, 0.3) is 0 Å². The highest BCUT2D eigenvalue weighted by Gasteiger charge is 1.93. The van der Waals surface area contributed by atoms with Gasteiger partial charge in [0.2, 0.25) is 0 Å². The Hall–Kier alpha value is -0.770. The molecule has 42 valence electrons. The minimum Gasteiger partial charge on any atom is -0.374 e. The third-order valence-electron chi connectivity index (χ3n) is 0.351. The topological polar surface area (TPSA) is 75.3 Å². The molecular formula is C3H8N2O2. The Morgan fingerprint density at radius 2 is 2.43 bits per heavy atom. The van der Waals surface area contributed by atoms with Crippen molar-refractivity contribution in [3.05, 3.63) is 0 Å². The van der Waals surface area contributed by atoms with Gasteiger partial charge >= 0.3 is 6.03 Å². The fourth-order valence-electron chi connectivity index (χ4n) is 0.206. The minimum absolute atomic E-state index is 0.713. The molecule has 7 heavy (non-hydrogen) atoms. The van der Waals surface area contributed by atoms with Crippen LogP contribution in [0, 0.1) is 0 Å². The van der Waals surface area contributed by atoms with Crippen LogP contribution in [0.4, 0.5) is 4.79 Å². The number of aliphatic hydroxyl groups excluding tert-OH is 1. The highest BCUT2D eigenvalue weighted by molar-refractivity contribution is 5.71. The first-order chi connectivity index (χ1) is 3.13. The Morgan fingerprint density at radius 1 is 2.00 bits per heavy atom. The van der Waals surface area contributed by atoms with Crippen molar-refractivity contribution in [1.82, 2.24) is 5.32 Å². The van der Waals surface area contributed by atoms with Gasteiger partial charge in [-0.1, -0.05) is 0 Å². The van der Waals surface area contributed by atoms with Crippen LogP contribution >= 0.6 is 0 Å². The molecule has 0 fully saturated rings. The molecule has 0 aromatic rings. The number of carbonyl (C=O) groups excluding carboxylic acids is 1. The van der Waals surface area contributed by atoms with E-state index in [1.807, 2.05) is 5.32 Å². The van der Waals surface area contributed by atoms with E-state index in [1.165, 1.54) is 6.92 Å². The lowest BCUT2D eigenvalue weighted by Gasteiger charge is -2.00. The first-order valence-electron chi connectivity index (χ1n) is 1.87. The summed E-state index contributed by atoms with van der Waals surface area (Å²) in [5.74, 6) is 0. The minimum atomic E-state index is -0.850. The predicted molar refractivity (Wildman–Crippen MR) is 24.4 cm³/mol. The zero-order valence-corrected chi connectivity index (χ0v) is 4.01. The quantitative estimate of drug-likeness (QED) is 0.373. The van der Waals surface area contributed by atoms with E-state index in [0.29, 0.717) is 0 Å². The molecule has 1 atom stereocenters. The van der Waals surface area contributed by atoms with Gasteiger partial charge in [-0.25, -0.2) is 4.79 Å². The largest absolute Gasteiger partial charge is 0.374 e. The molecule has 0 saturated carbocycles. The average molecular weight is 104 g/mol. The molecule has 0 aromatic heterocycles. The van der Waals surface area contributed by atoms with Crippen LogP contribution in [-0.2, 0) is 0 Å². The maximum atomic E-state index is 9.76. The van der Waals surface area contributed by atoms with Gasteiger partial charge in [0.15, 0.2) is 0 Å². The van der Waals surface area contributed by atoms with Crippen molar-refractivity contribution < 1.29 is 9.90 Å². The van der Waals surface area contributed by atoms with Gasteiger partial charge < -0.3 is 16.2 Å². The number of amides is 2. The monoisotopic (exact) mass is 104 g/mol. The number of nitrogens with two attached hydrogens (primary N) is 1. The van der Waals surface area contributed by atoms with Gasteiger partial charge in [-0.2, -0.15) is 0 Å². The van der Waals surface area contributed by atoms with Crippen molar-refractivity contribution >= 4 is 6.03 Å². The van der Waals surface area contributed by atoms with Crippen molar-refractivity contribution in [3.63, 3.8) is 0 Å². The van der Waals surface area contributed by atoms with Crippen LogP contribution < -0.4 is 11.1 Å². The number of rotatable bonds is 1. The molecule has 0 bridgehead atoms. The van der Waals surface area contributed by atoms with E-state index in [-0.39, 0.29) is 0 Å². The van der Waals surface area contributed by atoms with Crippen LogP contribution in [-0.4, -0.2) is 17.4 Å². The predicted octanol–water partition coefficient (Wildman–Crippen LogP) is -1.01. The van der Waals surface area contributed by atoms with E-state index in [0.717, 1.165) is 0 Å². The molecule has 0 aliphatic rings. The van der Waals surface area contributed by atoms with Crippen LogP contribution in [0.15, 0.2) is 0 Å². The summed E-state index contributed by atoms with van der Waals surface area (Å²) in [6, 6.07) is -0.713. The molecule has 4 N–H and O–H groups in total.